The van der Waals surface area contributed by atoms with Crippen LogP contribution in [0.4, 0.5) is 5.69 Å². The maximum absolute atomic E-state index is 15.0. The molecule has 15 heteroatoms. The largest absolute Gasteiger partial charge is 0.467 e. The van der Waals surface area contributed by atoms with Crippen LogP contribution in [0.3, 0.4) is 0 Å². The second-order valence-corrected chi connectivity index (χ2v) is 22.0. The Balaban J connectivity index is 1.20. The molecule has 2 saturated heterocycles. The van der Waals surface area contributed by atoms with Crippen LogP contribution in [0, 0.1) is 16.7 Å². The number of nitrogens with two attached hydrogens (primary N) is 1. The molecule has 2 bridgehead atoms. The smallest absolute Gasteiger partial charge is 0.323 e. The summed E-state index contributed by atoms with van der Waals surface area (Å²) in [6.45, 7) is 13.2. The maximum Gasteiger partial charge on any atom is 0.323 e. The number of aliphatic hydroxyl groups is 4. The Bertz CT molecular complexity index is 2430. The third-order valence-corrected chi connectivity index (χ3v) is 17.3. The predicted octanol–water partition coefficient (Wildman–Crippen LogP) is 3.15. The van der Waals surface area contributed by atoms with Crippen LogP contribution >= 0.6 is 0 Å². The summed E-state index contributed by atoms with van der Waals surface area (Å²) in [5, 5.41) is 54.0. The standard InChI is InChI=1S/C52H72N6O9/c1-7-48(64)25-32-26-50(30-66-31-60,41-35(15-20-57(27-32)29-48)34-13-9-10-14-38(34)55-41)36-24-37-39(23-33(36)28-59)56(6)44-51(37)17-21-58-19-11-16-49(8-2,43(51)58)45(62)52(44,65)46(63)54-18-12-22-67-42(61)40(53)47(3,4)5/h9-11,13-14,16,23-24,31-32,40,43-45,55,59,62,64-65H,7-8,12,15,17-22,25-30,53H2,1-6H3,(H,54,63)/t32-,40?,43?,44?,45-,48?,49-,50+,51?,52+/m1/s1. The number of nitrogens with one attached hydrogen (secondary N) is 2. The Kier molecular flexibility index (Phi) is 12.3. The van der Waals surface area contributed by atoms with Gasteiger partial charge >= 0.3 is 5.97 Å². The number of amides is 1. The second-order valence-electron chi connectivity index (χ2n) is 22.0. The molecule has 1 spiro atoms. The van der Waals surface area contributed by atoms with Crippen LogP contribution in [0.15, 0.2) is 48.6 Å². The average Bonchev–Trinajstić information content (AvgIpc) is 3.97. The zero-order valence-corrected chi connectivity index (χ0v) is 40.1. The topological polar surface area (TPSA) is 214 Å². The van der Waals surface area contributed by atoms with Crippen molar-refractivity contribution in [3.8, 4) is 0 Å². The first-order valence-corrected chi connectivity index (χ1v) is 24.5. The quantitative estimate of drug-likeness (QED) is 0.0569. The Hall–Kier alpha value is -4.35. The summed E-state index contributed by atoms with van der Waals surface area (Å²) in [5.41, 5.74) is 5.45. The zero-order valence-electron chi connectivity index (χ0n) is 40.1. The van der Waals surface area contributed by atoms with Crippen molar-refractivity contribution < 1.29 is 44.3 Å². The number of H-pyrrole nitrogens is 1. The summed E-state index contributed by atoms with van der Waals surface area (Å²) in [4.78, 5) is 50.7. The number of para-hydroxylation sites is 1. The molecule has 9 rings (SSSR count). The fraction of sp³-hybridized carbons (Fsp3) is 0.635. The number of esters is 1. The van der Waals surface area contributed by atoms with Gasteiger partial charge in [-0.15, -0.1) is 0 Å². The molecule has 1 aliphatic carbocycles. The molecule has 3 aromatic rings. The minimum absolute atomic E-state index is 0.0121. The number of carbonyl (C=O) groups excluding carboxylic acids is 3. The molecule has 67 heavy (non-hydrogen) atoms. The molecular formula is C52H72N6O9. The number of hydrogen-bond donors (Lipinski definition) is 7. The third-order valence-electron chi connectivity index (χ3n) is 17.3. The number of carbonyl (C=O) groups is 3. The molecule has 6 unspecified atom stereocenters. The van der Waals surface area contributed by atoms with Crippen molar-refractivity contribution in [1.82, 2.24) is 20.1 Å². The van der Waals surface area contributed by atoms with Gasteiger partial charge in [-0.2, -0.15) is 0 Å². The van der Waals surface area contributed by atoms with E-state index < -0.39 is 62.9 Å². The van der Waals surface area contributed by atoms with Crippen LogP contribution in [0.1, 0.15) is 101 Å². The lowest BCUT2D eigenvalue weighted by atomic mass is 9.47. The van der Waals surface area contributed by atoms with Gasteiger partial charge in [-0.3, -0.25) is 24.2 Å². The highest BCUT2D eigenvalue weighted by Gasteiger charge is 2.78. The first-order valence-electron chi connectivity index (χ1n) is 24.5. The van der Waals surface area contributed by atoms with Crippen LogP contribution in [-0.2, 0) is 47.7 Å². The van der Waals surface area contributed by atoms with Gasteiger partial charge in [0, 0.05) is 78.9 Å². The van der Waals surface area contributed by atoms with E-state index in [1.54, 1.807) is 0 Å². The van der Waals surface area contributed by atoms with E-state index in [0.29, 0.717) is 70.2 Å². The lowest BCUT2D eigenvalue weighted by Crippen LogP contribution is -2.81. The van der Waals surface area contributed by atoms with E-state index >= 15 is 0 Å². The summed E-state index contributed by atoms with van der Waals surface area (Å²) in [6.07, 6.45) is 6.16. The minimum Gasteiger partial charge on any atom is -0.467 e. The van der Waals surface area contributed by atoms with Gasteiger partial charge in [0.15, 0.2) is 5.60 Å². The van der Waals surface area contributed by atoms with Crippen LogP contribution in [-0.4, -0.2) is 149 Å². The molecule has 1 aromatic heterocycles. The first-order chi connectivity index (χ1) is 31.9. The monoisotopic (exact) mass is 925 g/mol. The van der Waals surface area contributed by atoms with Crippen LogP contribution in [0.2, 0.25) is 0 Å². The molecular weight excluding hydrogens is 853 g/mol. The fourth-order valence-electron chi connectivity index (χ4n) is 14.2. The molecule has 1 amide bonds. The predicted molar refractivity (Wildman–Crippen MR) is 254 cm³/mol. The highest BCUT2D eigenvalue weighted by molar-refractivity contribution is 5.91. The van der Waals surface area contributed by atoms with Crippen molar-refractivity contribution >= 4 is 34.9 Å². The van der Waals surface area contributed by atoms with Gasteiger partial charge in [0.05, 0.1) is 30.3 Å². The van der Waals surface area contributed by atoms with Gasteiger partial charge in [-0.1, -0.05) is 71.0 Å². The number of aromatic amines is 1. The molecule has 8 N–H and O–H groups in total. The molecule has 15 nitrogen and oxygen atoms in total. The normalized spacial score (nSPS) is 34.8. The Morgan fingerprint density at radius 1 is 1.07 bits per heavy atom. The average molecular weight is 925 g/mol. The number of hydrogen-bond acceptors (Lipinski definition) is 13. The Labute approximate surface area is 394 Å². The zero-order chi connectivity index (χ0) is 47.9. The number of likely N-dealkylation sites (N-methyl/N-ethyl adjacent to an activating group) is 1. The fourth-order valence-corrected chi connectivity index (χ4v) is 14.2. The van der Waals surface area contributed by atoms with Crippen LogP contribution < -0.4 is 16.0 Å². The van der Waals surface area contributed by atoms with Crippen molar-refractivity contribution in [3.05, 3.63) is 76.5 Å². The van der Waals surface area contributed by atoms with Gasteiger partial charge < -0.3 is 50.8 Å². The van der Waals surface area contributed by atoms with E-state index in [2.05, 4.69) is 38.3 Å². The Morgan fingerprint density at radius 2 is 1.85 bits per heavy atom. The molecule has 6 heterocycles. The van der Waals surface area contributed by atoms with E-state index in [1.807, 2.05) is 76.9 Å². The lowest BCUT2D eigenvalue weighted by molar-refractivity contribution is -0.203. The molecule has 364 valence electrons. The number of anilines is 1. The highest BCUT2D eigenvalue weighted by atomic mass is 16.5. The van der Waals surface area contributed by atoms with Crippen LogP contribution in [0.25, 0.3) is 10.9 Å². The van der Waals surface area contributed by atoms with Crippen molar-refractivity contribution in [1.29, 1.82) is 0 Å². The summed E-state index contributed by atoms with van der Waals surface area (Å²) in [6, 6.07) is 10.3. The van der Waals surface area contributed by atoms with Gasteiger partial charge in [0.1, 0.15) is 18.8 Å². The third kappa shape index (κ3) is 7.19. The lowest BCUT2D eigenvalue weighted by Gasteiger charge is -2.63. The number of aromatic nitrogens is 1. The van der Waals surface area contributed by atoms with Crippen LogP contribution in [0.5, 0.6) is 0 Å². The van der Waals surface area contributed by atoms with Crippen molar-refractivity contribution in [2.45, 2.75) is 132 Å². The molecule has 2 aromatic carbocycles. The number of piperidine rings is 1. The van der Waals surface area contributed by atoms with Gasteiger partial charge in [-0.25, -0.2) is 0 Å². The van der Waals surface area contributed by atoms with Crippen molar-refractivity contribution in [2.75, 3.05) is 64.4 Å². The number of fused-ring (bicyclic) bond motifs is 6. The summed E-state index contributed by atoms with van der Waals surface area (Å²) >= 11 is 0. The maximum atomic E-state index is 15.0. The minimum atomic E-state index is -2.33. The number of rotatable bonds is 13. The SMILES string of the molecule is CCC1(O)C[C@H]2CN(CCc3c([nH]c4ccccc34)[C@@](COC=O)(c3cc4c(cc3CO)N(C)C3C45CCN4CC=C[C@](CC)(C45)[C@@H](O)[C@]3(O)C(=O)NCCCOC(=O)C(N)C(C)(C)C)C2)C1. The number of benzene rings is 2. The molecule has 0 radical (unpaired) electrons. The van der Waals surface area contributed by atoms with Gasteiger partial charge in [-0.05, 0) is 97.2 Å². The van der Waals surface area contributed by atoms with Crippen molar-refractivity contribution in [3.63, 3.8) is 0 Å². The highest BCUT2D eigenvalue weighted by Crippen LogP contribution is 2.67. The van der Waals surface area contributed by atoms with Crippen molar-refractivity contribution in [2.24, 2.45) is 22.5 Å². The first kappa shape index (κ1) is 47.7. The van der Waals surface area contributed by atoms with E-state index in [1.165, 1.54) is 0 Å². The van der Waals surface area contributed by atoms with E-state index in [4.69, 9.17) is 15.2 Å². The number of aliphatic hydroxyl groups excluding tert-OH is 2. The van der Waals surface area contributed by atoms with E-state index in [-0.39, 0.29) is 44.7 Å². The van der Waals surface area contributed by atoms with Gasteiger partial charge in [0.2, 0.25) is 0 Å². The van der Waals surface area contributed by atoms with E-state index in [0.717, 1.165) is 52.1 Å². The molecule has 1 saturated carbocycles. The summed E-state index contributed by atoms with van der Waals surface area (Å²) < 4.78 is 11.5. The molecule has 5 aliphatic heterocycles. The summed E-state index contributed by atoms with van der Waals surface area (Å²) in [7, 11) is 1.87. The Morgan fingerprint density at radius 3 is 2.57 bits per heavy atom. The number of ether oxygens (including phenoxy) is 2. The molecule has 6 aliphatic rings. The summed E-state index contributed by atoms with van der Waals surface area (Å²) in [5.74, 6) is -1.26. The second kappa shape index (κ2) is 17.3. The van der Waals surface area contributed by atoms with Gasteiger partial charge in [0.25, 0.3) is 12.4 Å². The molecule has 3 fully saturated rings. The number of nitrogens with zero attached hydrogens (tertiary/aromatic N) is 3. The molecule has 11 atom stereocenters. The van der Waals surface area contributed by atoms with E-state index in [9.17, 15) is 34.8 Å².